The van der Waals surface area contributed by atoms with Gasteiger partial charge < -0.3 is 9.73 Å². The lowest BCUT2D eigenvalue weighted by atomic mass is 9.93. The first kappa shape index (κ1) is 15.7. The minimum atomic E-state index is -0.0302. The largest absolute Gasteiger partial charge is 0.440 e. The number of carbonyl (C=O) groups is 1. The van der Waals surface area contributed by atoms with Crippen molar-refractivity contribution >= 4 is 28.8 Å². The molecule has 4 rings (SSSR count). The summed E-state index contributed by atoms with van der Waals surface area (Å²) in [7, 11) is 0. The van der Waals surface area contributed by atoms with Gasteiger partial charge in [0.25, 0.3) is 0 Å². The molecule has 126 valence electrons. The maximum Gasteiger partial charge on any atom is 0.217 e. The number of hydrogen-bond donors (Lipinski definition) is 1. The molecule has 0 radical (unpaired) electrons. The number of oxazole rings is 1. The number of thioether (sulfide) groups is 1. The van der Waals surface area contributed by atoms with Crippen LogP contribution in [0, 0.1) is 0 Å². The van der Waals surface area contributed by atoms with Gasteiger partial charge in [0.05, 0.1) is 11.3 Å². The number of rotatable bonds is 3. The second-order valence-corrected chi connectivity index (χ2v) is 7.54. The van der Waals surface area contributed by atoms with Crippen molar-refractivity contribution < 1.29 is 9.21 Å². The average Bonchev–Trinajstić information content (AvgIpc) is 3.13. The topological polar surface area (TPSA) is 58.4 Å². The summed E-state index contributed by atoms with van der Waals surface area (Å²) in [5.74, 6) is 0.735. The van der Waals surface area contributed by atoms with E-state index in [2.05, 4.69) is 17.1 Å². The van der Waals surface area contributed by atoms with Gasteiger partial charge in [0.15, 0.2) is 5.58 Å². The molecule has 1 N–H and O–H groups in total. The van der Waals surface area contributed by atoms with Crippen LogP contribution < -0.4 is 5.32 Å². The minimum Gasteiger partial charge on any atom is -0.440 e. The number of fused-ring (bicyclic) bond motifs is 1. The summed E-state index contributed by atoms with van der Waals surface area (Å²) in [5.41, 5.74) is 3.06. The van der Waals surface area contributed by atoms with Crippen LogP contribution in [0.1, 0.15) is 32.1 Å². The summed E-state index contributed by atoms with van der Waals surface area (Å²) in [5, 5.41) is 3.06. The van der Waals surface area contributed by atoms with Crippen LogP contribution in [0.25, 0.3) is 11.1 Å². The Morgan fingerprint density at radius 1 is 1.46 bits per heavy atom. The third kappa shape index (κ3) is 2.74. The van der Waals surface area contributed by atoms with E-state index in [-0.39, 0.29) is 17.2 Å². The summed E-state index contributed by atoms with van der Waals surface area (Å²) in [6, 6.07) is 7.83. The van der Waals surface area contributed by atoms with Crippen LogP contribution in [0.15, 0.2) is 39.2 Å². The molecule has 0 saturated carbocycles. The van der Waals surface area contributed by atoms with E-state index in [1.54, 1.807) is 18.7 Å². The van der Waals surface area contributed by atoms with Crippen LogP contribution in [0.2, 0.25) is 0 Å². The molecule has 0 aliphatic carbocycles. The van der Waals surface area contributed by atoms with Crippen LogP contribution in [0.5, 0.6) is 0 Å². The van der Waals surface area contributed by atoms with Crippen molar-refractivity contribution in [1.82, 2.24) is 15.2 Å². The summed E-state index contributed by atoms with van der Waals surface area (Å²) >= 11 is 1.76. The Morgan fingerprint density at radius 2 is 2.29 bits per heavy atom. The molecule has 6 heteroatoms. The summed E-state index contributed by atoms with van der Waals surface area (Å²) < 4.78 is 6.04. The van der Waals surface area contributed by atoms with Gasteiger partial charge in [-0.15, -0.1) is 11.8 Å². The van der Waals surface area contributed by atoms with E-state index in [4.69, 9.17) is 9.40 Å². The zero-order valence-corrected chi connectivity index (χ0v) is 14.7. The third-order valence-corrected chi connectivity index (χ3v) is 6.06. The van der Waals surface area contributed by atoms with Crippen molar-refractivity contribution in [1.29, 1.82) is 0 Å². The van der Waals surface area contributed by atoms with Gasteiger partial charge in [-0.1, -0.05) is 19.1 Å². The highest BCUT2D eigenvalue weighted by Crippen LogP contribution is 2.49. The summed E-state index contributed by atoms with van der Waals surface area (Å²) in [6.45, 7) is 6.83. The van der Waals surface area contributed by atoms with Gasteiger partial charge in [-0.25, -0.2) is 4.98 Å². The summed E-state index contributed by atoms with van der Waals surface area (Å²) in [6.07, 6.45) is 1.01. The van der Waals surface area contributed by atoms with Gasteiger partial charge in [-0.3, -0.25) is 9.69 Å². The van der Waals surface area contributed by atoms with Gasteiger partial charge in [0, 0.05) is 24.9 Å². The van der Waals surface area contributed by atoms with Gasteiger partial charge in [0.2, 0.25) is 11.8 Å². The highest BCUT2D eigenvalue weighted by molar-refractivity contribution is 8.04. The molecule has 2 aliphatic heterocycles. The normalized spacial score (nSPS) is 24.4. The number of nitrogens with zero attached hydrogens (tertiary/aromatic N) is 2. The number of carbonyl (C=O) groups excluding carboxylic acids is 1. The molecule has 3 heterocycles. The molecule has 1 aromatic heterocycles. The molecule has 0 fully saturated rings. The maximum atomic E-state index is 11.7. The Bertz CT molecular complexity index is 780. The van der Waals surface area contributed by atoms with Crippen LogP contribution in [-0.2, 0) is 4.79 Å². The van der Waals surface area contributed by atoms with Crippen molar-refractivity contribution in [3.63, 3.8) is 0 Å². The fourth-order valence-corrected chi connectivity index (χ4v) is 5.12. The number of para-hydroxylation sites is 2. The lowest BCUT2D eigenvalue weighted by Gasteiger charge is -2.27. The molecule has 2 atom stereocenters. The number of benzene rings is 1. The van der Waals surface area contributed by atoms with Crippen molar-refractivity contribution in [2.24, 2.45) is 0 Å². The van der Waals surface area contributed by atoms with Crippen LogP contribution in [0.3, 0.4) is 0 Å². The standard InChI is InChI=1S/C18H21N3O2S/c1-3-21-9-8-12-15(10-21)24-18(19-11(2)22)16(12)17-20-13-6-4-5-7-14(13)23-17/h4-7,16,18H,3,8-10H2,1-2H3,(H,19,22). The van der Waals surface area contributed by atoms with E-state index in [0.717, 1.165) is 43.0 Å². The van der Waals surface area contributed by atoms with Crippen LogP contribution >= 0.6 is 11.8 Å². The average molecular weight is 343 g/mol. The molecule has 0 bridgehead atoms. The molecule has 5 nitrogen and oxygen atoms in total. The molecule has 0 saturated heterocycles. The third-order valence-electron chi connectivity index (χ3n) is 4.74. The lowest BCUT2D eigenvalue weighted by Crippen LogP contribution is -2.34. The van der Waals surface area contributed by atoms with Crippen LogP contribution in [-0.4, -0.2) is 40.8 Å². The van der Waals surface area contributed by atoms with E-state index < -0.39 is 0 Å². The fraction of sp³-hybridized carbons (Fsp3) is 0.444. The molecular weight excluding hydrogens is 322 g/mol. The van der Waals surface area contributed by atoms with Crippen molar-refractivity contribution in [3.8, 4) is 0 Å². The SMILES string of the molecule is CCN1CCC2=C(C1)SC(NC(C)=O)C2c1nc2ccccc2o1. The van der Waals surface area contributed by atoms with E-state index >= 15 is 0 Å². The van der Waals surface area contributed by atoms with Gasteiger partial charge in [-0.2, -0.15) is 0 Å². The smallest absolute Gasteiger partial charge is 0.217 e. The highest BCUT2D eigenvalue weighted by atomic mass is 32.2. The summed E-state index contributed by atoms with van der Waals surface area (Å²) in [4.78, 5) is 20.2. The zero-order valence-electron chi connectivity index (χ0n) is 13.9. The first-order chi connectivity index (χ1) is 11.7. The van der Waals surface area contributed by atoms with E-state index in [1.165, 1.54) is 10.5 Å². The zero-order chi connectivity index (χ0) is 16.7. The number of likely N-dealkylation sites (N-methyl/N-ethyl adjacent to an activating group) is 1. The molecule has 1 aromatic carbocycles. The number of aromatic nitrogens is 1. The first-order valence-electron chi connectivity index (χ1n) is 8.39. The monoisotopic (exact) mass is 343 g/mol. The molecule has 0 spiro atoms. The molecule has 24 heavy (non-hydrogen) atoms. The van der Waals surface area contributed by atoms with Crippen molar-refractivity contribution in [2.75, 3.05) is 19.6 Å². The lowest BCUT2D eigenvalue weighted by molar-refractivity contribution is -0.119. The Hall–Kier alpha value is -1.79. The van der Waals surface area contributed by atoms with Crippen LogP contribution in [0.4, 0.5) is 0 Å². The van der Waals surface area contributed by atoms with E-state index in [1.807, 2.05) is 24.3 Å². The maximum absolute atomic E-state index is 11.7. The fourth-order valence-electron chi connectivity index (χ4n) is 3.53. The van der Waals surface area contributed by atoms with Gasteiger partial charge in [-0.05, 0) is 30.7 Å². The molecular formula is C18H21N3O2S. The quantitative estimate of drug-likeness (QED) is 0.928. The molecule has 2 aliphatic rings. The van der Waals surface area contributed by atoms with E-state index in [0.29, 0.717) is 0 Å². The highest BCUT2D eigenvalue weighted by Gasteiger charge is 2.41. The second kappa shape index (κ2) is 6.26. The Labute approximate surface area is 145 Å². The number of hydrogen-bond acceptors (Lipinski definition) is 5. The van der Waals surface area contributed by atoms with Gasteiger partial charge >= 0.3 is 0 Å². The molecule has 2 aromatic rings. The predicted molar refractivity (Wildman–Crippen MR) is 95.7 cm³/mol. The van der Waals surface area contributed by atoms with Crippen molar-refractivity contribution in [3.05, 3.63) is 40.6 Å². The molecule has 1 amide bonds. The van der Waals surface area contributed by atoms with E-state index in [9.17, 15) is 4.79 Å². The number of amides is 1. The Balaban J connectivity index is 1.73. The minimum absolute atomic E-state index is 0.0131. The molecule has 2 unspecified atom stereocenters. The predicted octanol–water partition coefficient (Wildman–Crippen LogP) is 3.10. The van der Waals surface area contributed by atoms with Crippen molar-refractivity contribution in [2.45, 2.75) is 31.6 Å². The van der Waals surface area contributed by atoms with Gasteiger partial charge in [0.1, 0.15) is 5.52 Å². The second-order valence-electron chi connectivity index (χ2n) is 6.30. The number of nitrogens with one attached hydrogen (secondary N) is 1. The Morgan fingerprint density at radius 3 is 3.04 bits per heavy atom. The Kier molecular flexibility index (Phi) is 4.10. The first-order valence-corrected chi connectivity index (χ1v) is 9.27.